The largest absolute Gasteiger partial charge is 0.256 e. The highest BCUT2D eigenvalue weighted by molar-refractivity contribution is 6.01. The zero-order chi connectivity index (χ0) is 16.3. The van der Waals surface area contributed by atoms with Crippen LogP contribution in [-0.4, -0.2) is 4.98 Å². The summed E-state index contributed by atoms with van der Waals surface area (Å²) in [5, 5.41) is 2.73. The predicted molar refractivity (Wildman–Crippen MR) is 101 cm³/mol. The van der Waals surface area contributed by atoms with Crippen LogP contribution in [0, 0.1) is 0 Å². The van der Waals surface area contributed by atoms with E-state index in [0.29, 0.717) is 0 Å². The summed E-state index contributed by atoms with van der Waals surface area (Å²) in [4.78, 5) is 4.77. The monoisotopic (exact) mass is 313 g/mol. The molecule has 2 aliphatic rings. The van der Waals surface area contributed by atoms with Crippen molar-refractivity contribution in [2.45, 2.75) is 50.9 Å². The van der Waals surface area contributed by atoms with E-state index in [2.05, 4.69) is 56.3 Å². The van der Waals surface area contributed by atoms with Gasteiger partial charge < -0.3 is 0 Å². The zero-order valence-corrected chi connectivity index (χ0v) is 14.5. The summed E-state index contributed by atoms with van der Waals surface area (Å²) in [5.74, 6) is 0.746. The number of rotatable bonds is 1. The zero-order valence-electron chi connectivity index (χ0n) is 14.5. The first-order chi connectivity index (χ1) is 11.7. The van der Waals surface area contributed by atoms with Gasteiger partial charge in [-0.3, -0.25) is 4.98 Å². The van der Waals surface area contributed by atoms with Gasteiger partial charge in [0.25, 0.3) is 0 Å². The molecule has 1 aromatic heterocycles. The van der Waals surface area contributed by atoms with Crippen LogP contribution >= 0.6 is 0 Å². The summed E-state index contributed by atoms with van der Waals surface area (Å²) >= 11 is 0. The summed E-state index contributed by atoms with van der Waals surface area (Å²) < 4.78 is 0. The molecule has 1 heteroatoms. The Balaban J connectivity index is 1.87. The lowest BCUT2D eigenvalue weighted by molar-refractivity contribution is 0.639. The first-order valence-electron chi connectivity index (χ1n) is 9.19. The van der Waals surface area contributed by atoms with Crippen molar-refractivity contribution in [2.24, 2.45) is 0 Å². The molecule has 1 heterocycles. The number of fused-ring (bicyclic) bond motifs is 2. The van der Waals surface area contributed by atoms with Gasteiger partial charge in [-0.1, -0.05) is 63.1 Å². The first-order valence-corrected chi connectivity index (χ1v) is 9.19. The smallest absolute Gasteiger partial charge is 0.0786 e. The molecule has 3 aromatic rings. The average molecular weight is 313 g/mol. The number of benzene rings is 2. The standard InChI is InChI=1S/C23H23N/c1-23(2)19-10-6-5-9-18(19)22-21-16(11-12-24-22)13-17(14-20(21)23)15-7-3-4-8-15/h5-6,9-15H,3-4,7-8H2,1-2H3. The molecule has 0 N–H and O–H groups in total. The van der Waals surface area contributed by atoms with Gasteiger partial charge in [0.05, 0.1) is 5.69 Å². The van der Waals surface area contributed by atoms with Crippen LogP contribution in [0.1, 0.15) is 62.1 Å². The van der Waals surface area contributed by atoms with E-state index in [4.69, 9.17) is 4.98 Å². The molecule has 0 amide bonds. The van der Waals surface area contributed by atoms with E-state index in [-0.39, 0.29) is 5.41 Å². The second-order valence-corrected chi connectivity index (χ2v) is 7.98. The van der Waals surface area contributed by atoms with Crippen molar-refractivity contribution >= 4 is 10.8 Å². The topological polar surface area (TPSA) is 12.9 Å². The fourth-order valence-corrected chi connectivity index (χ4v) is 4.91. The Kier molecular flexibility index (Phi) is 2.92. The van der Waals surface area contributed by atoms with Gasteiger partial charge in [0.2, 0.25) is 0 Å². The minimum Gasteiger partial charge on any atom is -0.256 e. The van der Waals surface area contributed by atoms with Crippen molar-refractivity contribution in [3.63, 3.8) is 0 Å². The minimum atomic E-state index is 0.0273. The molecule has 0 saturated heterocycles. The predicted octanol–water partition coefficient (Wildman–Crippen LogP) is 6.20. The molecule has 24 heavy (non-hydrogen) atoms. The van der Waals surface area contributed by atoms with Crippen LogP contribution in [0.15, 0.2) is 48.7 Å². The van der Waals surface area contributed by atoms with E-state index in [0.717, 1.165) is 11.6 Å². The molecule has 1 fully saturated rings. The number of nitrogens with zero attached hydrogens (tertiary/aromatic N) is 1. The minimum absolute atomic E-state index is 0.0273. The molecule has 2 aliphatic carbocycles. The summed E-state index contributed by atoms with van der Waals surface area (Å²) in [6, 6.07) is 15.9. The second-order valence-electron chi connectivity index (χ2n) is 7.98. The van der Waals surface area contributed by atoms with Gasteiger partial charge in [0, 0.05) is 22.6 Å². The molecule has 2 aromatic carbocycles. The van der Waals surface area contributed by atoms with Crippen LogP contribution in [0.2, 0.25) is 0 Å². The molecule has 0 unspecified atom stereocenters. The van der Waals surface area contributed by atoms with Crippen LogP contribution in [0.4, 0.5) is 0 Å². The fourth-order valence-electron chi connectivity index (χ4n) is 4.91. The third-order valence-corrected chi connectivity index (χ3v) is 6.24. The maximum absolute atomic E-state index is 4.77. The van der Waals surface area contributed by atoms with E-state index in [9.17, 15) is 0 Å². The maximum atomic E-state index is 4.77. The number of hydrogen-bond acceptors (Lipinski definition) is 1. The summed E-state index contributed by atoms with van der Waals surface area (Å²) in [7, 11) is 0. The number of aromatic nitrogens is 1. The van der Waals surface area contributed by atoms with E-state index >= 15 is 0 Å². The molecule has 0 bridgehead atoms. The van der Waals surface area contributed by atoms with E-state index in [1.807, 2.05) is 6.20 Å². The van der Waals surface area contributed by atoms with Crippen LogP contribution in [-0.2, 0) is 5.41 Å². The summed E-state index contributed by atoms with van der Waals surface area (Å²) in [6.45, 7) is 4.74. The first kappa shape index (κ1) is 14.2. The SMILES string of the molecule is CC1(C)c2ccccc2-c2nccc3cc(C4CCCC4)cc1c23. The Morgan fingerprint density at radius 2 is 1.75 bits per heavy atom. The van der Waals surface area contributed by atoms with Crippen molar-refractivity contribution in [3.8, 4) is 11.3 Å². The third kappa shape index (κ3) is 1.84. The van der Waals surface area contributed by atoms with Gasteiger partial charge in [-0.15, -0.1) is 0 Å². The van der Waals surface area contributed by atoms with Gasteiger partial charge in [-0.25, -0.2) is 0 Å². The van der Waals surface area contributed by atoms with Crippen LogP contribution < -0.4 is 0 Å². The molecule has 0 radical (unpaired) electrons. The Labute approximate surface area is 143 Å². The number of hydrogen-bond donors (Lipinski definition) is 0. The molecule has 0 spiro atoms. The summed E-state index contributed by atoms with van der Waals surface area (Å²) in [5.41, 5.74) is 6.90. The molecule has 0 atom stereocenters. The van der Waals surface area contributed by atoms with Crippen LogP contribution in [0.25, 0.3) is 22.0 Å². The van der Waals surface area contributed by atoms with Gasteiger partial charge >= 0.3 is 0 Å². The normalized spacial score (nSPS) is 18.8. The molecule has 0 aliphatic heterocycles. The summed E-state index contributed by atoms with van der Waals surface area (Å²) in [6.07, 6.45) is 7.44. The van der Waals surface area contributed by atoms with Crippen LogP contribution in [0.3, 0.4) is 0 Å². The third-order valence-electron chi connectivity index (χ3n) is 6.24. The van der Waals surface area contributed by atoms with Crippen molar-refractivity contribution < 1.29 is 0 Å². The molecule has 5 rings (SSSR count). The highest BCUT2D eigenvalue weighted by atomic mass is 14.7. The Morgan fingerprint density at radius 1 is 0.958 bits per heavy atom. The Morgan fingerprint density at radius 3 is 2.58 bits per heavy atom. The van der Waals surface area contributed by atoms with E-state index in [1.165, 1.54) is 53.1 Å². The van der Waals surface area contributed by atoms with Crippen LogP contribution in [0.5, 0.6) is 0 Å². The number of pyridine rings is 1. The Hall–Kier alpha value is -2.15. The highest BCUT2D eigenvalue weighted by Gasteiger charge is 2.34. The van der Waals surface area contributed by atoms with Crippen molar-refractivity contribution in [3.05, 3.63) is 65.4 Å². The second kappa shape index (κ2) is 4.92. The highest BCUT2D eigenvalue weighted by Crippen LogP contribution is 2.49. The molecular formula is C23H23N. The fraction of sp³-hybridized carbons (Fsp3) is 0.348. The van der Waals surface area contributed by atoms with Crippen molar-refractivity contribution in [1.29, 1.82) is 0 Å². The molecular weight excluding hydrogens is 290 g/mol. The molecule has 1 saturated carbocycles. The molecule has 120 valence electrons. The van der Waals surface area contributed by atoms with Crippen molar-refractivity contribution in [2.75, 3.05) is 0 Å². The van der Waals surface area contributed by atoms with Crippen molar-refractivity contribution in [1.82, 2.24) is 4.98 Å². The van der Waals surface area contributed by atoms with Gasteiger partial charge in [0.1, 0.15) is 0 Å². The maximum Gasteiger partial charge on any atom is 0.0786 e. The van der Waals surface area contributed by atoms with E-state index < -0.39 is 0 Å². The lowest BCUT2D eigenvalue weighted by atomic mass is 9.69. The van der Waals surface area contributed by atoms with E-state index in [1.54, 1.807) is 5.56 Å². The Bertz CT molecular complexity index is 945. The lowest BCUT2D eigenvalue weighted by Gasteiger charge is -2.35. The quantitative estimate of drug-likeness (QED) is 0.521. The van der Waals surface area contributed by atoms with Gasteiger partial charge in [0.15, 0.2) is 0 Å². The average Bonchev–Trinajstić information content (AvgIpc) is 3.14. The lowest BCUT2D eigenvalue weighted by Crippen LogP contribution is -2.24. The van der Waals surface area contributed by atoms with Gasteiger partial charge in [-0.05, 0) is 46.9 Å². The molecule has 1 nitrogen and oxygen atoms in total. The van der Waals surface area contributed by atoms with Gasteiger partial charge in [-0.2, -0.15) is 0 Å².